The number of benzene rings is 2. The van der Waals surface area contributed by atoms with Crippen LogP contribution in [0, 0.1) is 0 Å². The zero-order valence-corrected chi connectivity index (χ0v) is 13.4. The number of methoxy groups -OCH3 is 1. The average Bonchev–Trinajstić information content (AvgIpc) is 2.56. The maximum Gasteiger partial charge on any atom is 0.174 e. The first-order valence-electron chi connectivity index (χ1n) is 7.48. The molecule has 0 spiro atoms. The lowest BCUT2D eigenvalue weighted by atomic mass is 9.95. The fourth-order valence-corrected chi connectivity index (χ4v) is 2.41. The summed E-state index contributed by atoms with van der Waals surface area (Å²) in [6, 6.07) is 9.47. The van der Waals surface area contributed by atoms with Crippen LogP contribution in [0.25, 0.3) is 0 Å². The lowest BCUT2D eigenvalue weighted by Crippen LogP contribution is -2.20. The van der Waals surface area contributed by atoms with E-state index in [1.807, 2.05) is 13.8 Å². The van der Waals surface area contributed by atoms with Crippen molar-refractivity contribution in [2.45, 2.75) is 26.4 Å². The average molecular weight is 316 g/mol. The molecule has 1 aliphatic heterocycles. The molecule has 0 saturated carbocycles. The number of phenolic OH excluding ortho intramolecular Hbond substituents is 2. The molecule has 0 aromatic heterocycles. The Balaban J connectivity index is 0.000000924. The van der Waals surface area contributed by atoms with E-state index in [9.17, 15) is 15.0 Å². The summed E-state index contributed by atoms with van der Waals surface area (Å²) in [7, 11) is 1.48. The van der Waals surface area contributed by atoms with E-state index in [1.54, 1.807) is 30.3 Å². The maximum atomic E-state index is 12.2. The number of aromatic hydroxyl groups is 2. The van der Waals surface area contributed by atoms with E-state index in [-0.39, 0.29) is 29.3 Å². The molecule has 0 radical (unpaired) electrons. The van der Waals surface area contributed by atoms with E-state index >= 15 is 0 Å². The van der Waals surface area contributed by atoms with Crippen molar-refractivity contribution in [3.8, 4) is 23.0 Å². The second kappa shape index (κ2) is 7.05. The van der Waals surface area contributed by atoms with Crippen molar-refractivity contribution in [1.82, 2.24) is 0 Å². The van der Waals surface area contributed by atoms with Crippen molar-refractivity contribution >= 4 is 5.78 Å². The molecule has 0 saturated heterocycles. The highest BCUT2D eigenvalue weighted by Crippen LogP contribution is 2.41. The molecule has 1 heterocycles. The van der Waals surface area contributed by atoms with Gasteiger partial charge >= 0.3 is 0 Å². The van der Waals surface area contributed by atoms with Crippen molar-refractivity contribution in [3.05, 3.63) is 47.5 Å². The summed E-state index contributed by atoms with van der Waals surface area (Å²) in [6.07, 6.45) is -0.311. The Morgan fingerprint density at radius 2 is 1.78 bits per heavy atom. The van der Waals surface area contributed by atoms with Gasteiger partial charge in [-0.25, -0.2) is 0 Å². The van der Waals surface area contributed by atoms with Gasteiger partial charge in [0.15, 0.2) is 5.78 Å². The predicted molar refractivity (Wildman–Crippen MR) is 86.4 cm³/mol. The lowest BCUT2D eigenvalue weighted by molar-refractivity contribution is 0.0844. The van der Waals surface area contributed by atoms with Crippen molar-refractivity contribution in [2.24, 2.45) is 0 Å². The van der Waals surface area contributed by atoms with Gasteiger partial charge < -0.3 is 19.7 Å². The smallest absolute Gasteiger partial charge is 0.174 e. The van der Waals surface area contributed by atoms with Crippen molar-refractivity contribution in [1.29, 1.82) is 0 Å². The van der Waals surface area contributed by atoms with E-state index in [2.05, 4.69) is 0 Å². The Hall–Kier alpha value is -2.69. The molecule has 2 aromatic carbocycles. The highest BCUT2D eigenvalue weighted by atomic mass is 16.5. The Kier molecular flexibility index (Phi) is 5.11. The second-order valence-corrected chi connectivity index (χ2v) is 4.84. The Morgan fingerprint density at radius 3 is 2.39 bits per heavy atom. The van der Waals surface area contributed by atoms with Gasteiger partial charge in [0.25, 0.3) is 0 Å². The van der Waals surface area contributed by atoms with Crippen LogP contribution in [0.1, 0.15) is 42.3 Å². The van der Waals surface area contributed by atoms with Crippen LogP contribution in [0.3, 0.4) is 0 Å². The third kappa shape index (κ3) is 3.39. The molecule has 3 rings (SSSR count). The summed E-state index contributed by atoms with van der Waals surface area (Å²) >= 11 is 0. The zero-order chi connectivity index (χ0) is 17.0. The molecule has 2 aromatic rings. The molecule has 0 amide bonds. The standard InChI is InChI=1S/C16H14O5.C2H6/c1-20-11-6-12(18)16-13(19)8-14(21-15(16)7-11)9-2-4-10(17)5-3-9;1-2/h2-7,14,17-18H,8H2,1H3;1-2H3. The van der Waals surface area contributed by atoms with Crippen LogP contribution in [0.2, 0.25) is 0 Å². The highest BCUT2D eigenvalue weighted by molar-refractivity contribution is 6.02. The van der Waals surface area contributed by atoms with Crippen LogP contribution in [0.5, 0.6) is 23.0 Å². The first kappa shape index (κ1) is 16.7. The Labute approximate surface area is 135 Å². The van der Waals surface area contributed by atoms with Gasteiger partial charge in [0.05, 0.1) is 13.5 Å². The molecular formula is C18H20O5. The van der Waals surface area contributed by atoms with E-state index in [1.165, 1.54) is 13.2 Å². The number of hydrogen-bond acceptors (Lipinski definition) is 5. The van der Waals surface area contributed by atoms with E-state index in [4.69, 9.17) is 9.47 Å². The van der Waals surface area contributed by atoms with Crippen LogP contribution in [-0.2, 0) is 0 Å². The molecule has 23 heavy (non-hydrogen) atoms. The van der Waals surface area contributed by atoms with Gasteiger partial charge in [-0.1, -0.05) is 26.0 Å². The number of Topliss-reactive ketones (excluding diaryl/α,β-unsaturated/α-hetero) is 1. The zero-order valence-electron chi connectivity index (χ0n) is 13.4. The second-order valence-electron chi connectivity index (χ2n) is 4.84. The SMILES string of the molecule is CC.COc1cc(O)c2c(c1)OC(c1ccc(O)cc1)CC2=O. The Morgan fingerprint density at radius 1 is 1.13 bits per heavy atom. The van der Waals surface area contributed by atoms with Crippen LogP contribution in [0.4, 0.5) is 0 Å². The minimum absolute atomic E-state index is 0.137. The number of carbonyl (C=O) groups excluding carboxylic acids is 1. The van der Waals surface area contributed by atoms with Gasteiger partial charge in [-0.15, -0.1) is 0 Å². The fourth-order valence-electron chi connectivity index (χ4n) is 2.41. The molecule has 2 N–H and O–H groups in total. The molecule has 5 nitrogen and oxygen atoms in total. The van der Waals surface area contributed by atoms with Gasteiger partial charge in [0.1, 0.15) is 34.7 Å². The first-order chi connectivity index (χ1) is 11.1. The number of phenols is 2. The number of ether oxygens (including phenoxy) is 2. The predicted octanol–water partition coefficient (Wildman–Crippen LogP) is 3.84. The third-order valence-electron chi connectivity index (χ3n) is 3.47. The highest BCUT2D eigenvalue weighted by Gasteiger charge is 2.30. The number of ketones is 1. The largest absolute Gasteiger partial charge is 0.508 e. The van der Waals surface area contributed by atoms with Gasteiger partial charge in [0.2, 0.25) is 0 Å². The molecule has 1 atom stereocenters. The van der Waals surface area contributed by atoms with E-state index in [0.29, 0.717) is 11.5 Å². The molecule has 1 unspecified atom stereocenters. The molecule has 0 aliphatic carbocycles. The van der Waals surface area contributed by atoms with E-state index in [0.717, 1.165) is 5.56 Å². The number of hydrogen-bond donors (Lipinski definition) is 2. The number of rotatable bonds is 2. The summed E-state index contributed by atoms with van der Waals surface area (Å²) in [5.74, 6) is 0.556. The summed E-state index contributed by atoms with van der Waals surface area (Å²) in [6.45, 7) is 4.00. The van der Waals surface area contributed by atoms with Crippen LogP contribution in [0.15, 0.2) is 36.4 Å². The molecule has 5 heteroatoms. The molecular weight excluding hydrogens is 296 g/mol. The summed E-state index contributed by atoms with van der Waals surface area (Å²) < 4.78 is 10.9. The minimum atomic E-state index is -0.447. The van der Waals surface area contributed by atoms with Crippen LogP contribution >= 0.6 is 0 Å². The summed E-state index contributed by atoms with van der Waals surface area (Å²) in [4.78, 5) is 12.2. The normalized spacial score (nSPS) is 15.8. The monoisotopic (exact) mass is 316 g/mol. The van der Waals surface area contributed by atoms with Gasteiger partial charge in [-0.2, -0.15) is 0 Å². The Bertz CT molecular complexity index is 691. The van der Waals surface area contributed by atoms with Crippen molar-refractivity contribution < 1.29 is 24.5 Å². The third-order valence-corrected chi connectivity index (χ3v) is 3.47. The topological polar surface area (TPSA) is 76.0 Å². The minimum Gasteiger partial charge on any atom is -0.508 e. The number of fused-ring (bicyclic) bond motifs is 1. The van der Waals surface area contributed by atoms with Gasteiger partial charge in [0, 0.05) is 12.1 Å². The van der Waals surface area contributed by atoms with Crippen LogP contribution in [-0.4, -0.2) is 23.1 Å². The lowest BCUT2D eigenvalue weighted by Gasteiger charge is -2.26. The molecule has 0 bridgehead atoms. The van der Waals surface area contributed by atoms with E-state index < -0.39 is 6.10 Å². The quantitative estimate of drug-likeness (QED) is 0.880. The van der Waals surface area contributed by atoms with Gasteiger partial charge in [-0.05, 0) is 17.7 Å². The molecule has 0 fully saturated rings. The maximum absolute atomic E-state index is 12.2. The fraction of sp³-hybridized carbons (Fsp3) is 0.278. The summed E-state index contributed by atoms with van der Waals surface area (Å²) in [5, 5.41) is 19.2. The van der Waals surface area contributed by atoms with Crippen molar-refractivity contribution in [3.63, 3.8) is 0 Å². The van der Waals surface area contributed by atoms with Gasteiger partial charge in [-0.3, -0.25) is 4.79 Å². The molecule has 122 valence electrons. The number of carbonyl (C=O) groups is 1. The van der Waals surface area contributed by atoms with Crippen molar-refractivity contribution in [2.75, 3.05) is 7.11 Å². The summed E-state index contributed by atoms with van der Waals surface area (Å²) in [5.41, 5.74) is 0.972. The van der Waals surface area contributed by atoms with Crippen LogP contribution < -0.4 is 9.47 Å². The molecule has 1 aliphatic rings. The first-order valence-corrected chi connectivity index (χ1v) is 7.48.